The van der Waals surface area contributed by atoms with Gasteiger partial charge in [-0.3, -0.25) is 0 Å². The molecule has 1 heterocycles. The van der Waals surface area contributed by atoms with Gasteiger partial charge in [0.15, 0.2) is 0 Å². The minimum Gasteiger partial charge on any atom is -0.477 e. The SMILES string of the molecule is COC(C)(C)CCOc1cc(NN)nc(C)n1. The van der Waals surface area contributed by atoms with Crippen molar-refractivity contribution in [2.75, 3.05) is 19.1 Å². The third-order valence-electron chi connectivity index (χ3n) is 2.47. The first-order valence-electron chi connectivity index (χ1n) is 5.47. The number of methoxy groups -OCH3 is 1. The van der Waals surface area contributed by atoms with Crippen LogP contribution >= 0.6 is 0 Å². The molecule has 6 nitrogen and oxygen atoms in total. The predicted molar refractivity (Wildman–Crippen MR) is 65.8 cm³/mol. The first kappa shape index (κ1) is 13.7. The van der Waals surface area contributed by atoms with Gasteiger partial charge in [-0.2, -0.15) is 4.98 Å². The maximum absolute atomic E-state index is 5.54. The van der Waals surface area contributed by atoms with Gasteiger partial charge in [-0.25, -0.2) is 10.8 Å². The number of hydrogen-bond acceptors (Lipinski definition) is 6. The highest BCUT2D eigenvalue weighted by molar-refractivity contribution is 5.36. The molecule has 0 amide bonds. The lowest BCUT2D eigenvalue weighted by atomic mass is 10.1. The van der Waals surface area contributed by atoms with E-state index >= 15 is 0 Å². The third-order valence-corrected chi connectivity index (χ3v) is 2.47. The van der Waals surface area contributed by atoms with Gasteiger partial charge in [0, 0.05) is 19.6 Å². The van der Waals surface area contributed by atoms with Gasteiger partial charge in [0.1, 0.15) is 11.6 Å². The molecule has 0 fully saturated rings. The summed E-state index contributed by atoms with van der Waals surface area (Å²) in [5.74, 6) is 6.96. The third kappa shape index (κ3) is 4.54. The van der Waals surface area contributed by atoms with Crippen LogP contribution in [0, 0.1) is 6.92 Å². The number of nitrogens with two attached hydrogens (primary N) is 1. The normalized spacial score (nSPS) is 11.4. The quantitative estimate of drug-likeness (QED) is 0.575. The lowest BCUT2D eigenvalue weighted by Crippen LogP contribution is -2.25. The maximum Gasteiger partial charge on any atom is 0.218 e. The van der Waals surface area contributed by atoms with Gasteiger partial charge < -0.3 is 14.9 Å². The number of hydrogen-bond donors (Lipinski definition) is 2. The van der Waals surface area contributed by atoms with E-state index in [1.54, 1.807) is 20.1 Å². The lowest BCUT2D eigenvalue weighted by Gasteiger charge is -2.22. The Bertz CT molecular complexity index is 368. The van der Waals surface area contributed by atoms with E-state index in [1.165, 1.54) is 0 Å². The number of aryl methyl sites for hydroxylation is 1. The van der Waals surface area contributed by atoms with Gasteiger partial charge in [-0.05, 0) is 20.8 Å². The molecule has 0 aliphatic rings. The van der Waals surface area contributed by atoms with Crippen LogP contribution in [0.25, 0.3) is 0 Å². The molecule has 1 rings (SSSR count). The summed E-state index contributed by atoms with van der Waals surface area (Å²) < 4.78 is 10.8. The first-order valence-corrected chi connectivity index (χ1v) is 5.47. The lowest BCUT2D eigenvalue weighted by molar-refractivity contribution is 0.00507. The van der Waals surface area contributed by atoms with E-state index in [0.29, 0.717) is 24.1 Å². The van der Waals surface area contributed by atoms with Crippen molar-refractivity contribution in [2.24, 2.45) is 5.84 Å². The van der Waals surface area contributed by atoms with Crippen LogP contribution in [0.3, 0.4) is 0 Å². The zero-order chi connectivity index (χ0) is 12.9. The van der Waals surface area contributed by atoms with Crippen molar-refractivity contribution in [3.63, 3.8) is 0 Å². The average Bonchev–Trinajstić information content (AvgIpc) is 2.28. The molecule has 0 aromatic carbocycles. The molecule has 17 heavy (non-hydrogen) atoms. The Morgan fingerprint density at radius 2 is 2.12 bits per heavy atom. The predicted octanol–water partition coefficient (Wildman–Crippen LogP) is 1.26. The number of aromatic nitrogens is 2. The summed E-state index contributed by atoms with van der Waals surface area (Å²) in [6.07, 6.45) is 0.776. The molecule has 0 unspecified atom stereocenters. The van der Waals surface area contributed by atoms with E-state index in [9.17, 15) is 0 Å². The van der Waals surface area contributed by atoms with Crippen LogP contribution in [0.5, 0.6) is 5.88 Å². The highest BCUT2D eigenvalue weighted by atomic mass is 16.5. The molecule has 1 aromatic rings. The molecule has 96 valence electrons. The molecule has 0 aliphatic carbocycles. The van der Waals surface area contributed by atoms with Gasteiger partial charge in [-0.1, -0.05) is 0 Å². The molecule has 0 spiro atoms. The summed E-state index contributed by atoms with van der Waals surface area (Å²) in [4.78, 5) is 8.23. The molecule has 0 saturated heterocycles. The number of ether oxygens (including phenoxy) is 2. The van der Waals surface area contributed by atoms with E-state index in [4.69, 9.17) is 15.3 Å². The summed E-state index contributed by atoms with van der Waals surface area (Å²) in [5, 5.41) is 0. The topological polar surface area (TPSA) is 82.3 Å². The molecule has 0 saturated carbocycles. The molecule has 3 N–H and O–H groups in total. The largest absolute Gasteiger partial charge is 0.477 e. The summed E-state index contributed by atoms with van der Waals surface area (Å²) in [7, 11) is 1.69. The molecular weight excluding hydrogens is 220 g/mol. The molecule has 6 heteroatoms. The van der Waals surface area contributed by atoms with Gasteiger partial charge in [0.05, 0.1) is 12.2 Å². The number of nitrogens with zero attached hydrogens (tertiary/aromatic N) is 2. The van der Waals surface area contributed by atoms with Crippen LogP contribution in [0.1, 0.15) is 26.1 Å². The molecule has 1 aromatic heterocycles. The van der Waals surface area contributed by atoms with Crippen LogP contribution in [-0.2, 0) is 4.74 Å². The van der Waals surface area contributed by atoms with E-state index in [0.717, 1.165) is 6.42 Å². The number of anilines is 1. The van der Waals surface area contributed by atoms with E-state index in [-0.39, 0.29) is 5.60 Å². The smallest absolute Gasteiger partial charge is 0.218 e. The van der Waals surface area contributed by atoms with E-state index in [2.05, 4.69) is 15.4 Å². The standard InChI is InChI=1S/C11H20N4O2/c1-8-13-9(15-12)7-10(14-8)17-6-5-11(2,3)16-4/h7H,5-6,12H2,1-4H3,(H,13,14,15). The van der Waals surface area contributed by atoms with Gasteiger partial charge >= 0.3 is 0 Å². The zero-order valence-electron chi connectivity index (χ0n) is 10.8. The fourth-order valence-electron chi connectivity index (χ4n) is 1.19. The summed E-state index contributed by atoms with van der Waals surface area (Å²) in [6, 6.07) is 1.66. The Hall–Kier alpha value is -1.40. The number of nitrogen functional groups attached to an aromatic ring is 1. The fourth-order valence-corrected chi connectivity index (χ4v) is 1.19. The maximum atomic E-state index is 5.54. The van der Waals surface area contributed by atoms with Crippen molar-refractivity contribution >= 4 is 5.82 Å². The molecular formula is C11H20N4O2. The monoisotopic (exact) mass is 240 g/mol. The van der Waals surface area contributed by atoms with Crippen LogP contribution < -0.4 is 16.0 Å². The van der Waals surface area contributed by atoms with E-state index < -0.39 is 0 Å². The summed E-state index contributed by atoms with van der Waals surface area (Å²) in [6.45, 7) is 6.33. The molecule has 0 atom stereocenters. The van der Waals surface area contributed by atoms with Crippen LogP contribution in [0.2, 0.25) is 0 Å². The van der Waals surface area contributed by atoms with Crippen molar-refractivity contribution in [1.29, 1.82) is 0 Å². The Morgan fingerprint density at radius 3 is 2.71 bits per heavy atom. The second-order valence-electron chi connectivity index (χ2n) is 4.35. The first-order chi connectivity index (χ1) is 7.96. The minimum absolute atomic E-state index is 0.197. The Labute approximate surface area is 102 Å². The van der Waals surface area contributed by atoms with Crippen molar-refractivity contribution in [1.82, 2.24) is 9.97 Å². The van der Waals surface area contributed by atoms with Gasteiger partial charge in [-0.15, -0.1) is 0 Å². The van der Waals surface area contributed by atoms with Crippen molar-refractivity contribution in [3.05, 3.63) is 11.9 Å². The molecule has 0 bridgehead atoms. The minimum atomic E-state index is -0.197. The van der Waals surface area contributed by atoms with Crippen LogP contribution in [-0.4, -0.2) is 29.3 Å². The average molecular weight is 240 g/mol. The zero-order valence-corrected chi connectivity index (χ0v) is 10.8. The van der Waals surface area contributed by atoms with Gasteiger partial charge in [0.2, 0.25) is 5.88 Å². The second-order valence-corrected chi connectivity index (χ2v) is 4.35. The highest BCUT2D eigenvalue weighted by Gasteiger charge is 2.16. The fraction of sp³-hybridized carbons (Fsp3) is 0.636. The van der Waals surface area contributed by atoms with Crippen molar-refractivity contribution in [3.8, 4) is 5.88 Å². The Morgan fingerprint density at radius 1 is 1.41 bits per heavy atom. The Kier molecular flexibility index (Phi) is 4.65. The second kappa shape index (κ2) is 5.79. The molecule has 0 radical (unpaired) electrons. The number of nitrogens with one attached hydrogen (secondary N) is 1. The van der Waals surface area contributed by atoms with Crippen LogP contribution in [0.15, 0.2) is 6.07 Å². The molecule has 0 aliphatic heterocycles. The number of hydrazine groups is 1. The summed E-state index contributed by atoms with van der Waals surface area (Å²) >= 11 is 0. The van der Waals surface area contributed by atoms with Crippen molar-refractivity contribution in [2.45, 2.75) is 32.8 Å². The summed E-state index contributed by atoms with van der Waals surface area (Å²) in [5.41, 5.74) is 2.27. The van der Waals surface area contributed by atoms with Crippen molar-refractivity contribution < 1.29 is 9.47 Å². The van der Waals surface area contributed by atoms with Crippen LogP contribution in [0.4, 0.5) is 5.82 Å². The number of rotatable bonds is 6. The Balaban J connectivity index is 2.55. The van der Waals surface area contributed by atoms with E-state index in [1.807, 2.05) is 13.8 Å². The van der Waals surface area contributed by atoms with Gasteiger partial charge in [0.25, 0.3) is 0 Å². The highest BCUT2D eigenvalue weighted by Crippen LogP contribution is 2.16.